The highest BCUT2D eigenvalue weighted by molar-refractivity contribution is 6.30. The molecule has 1 fully saturated rings. The van der Waals surface area contributed by atoms with E-state index in [4.69, 9.17) is 11.6 Å². The van der Waals surface area contributed by atoms with E-state index in [1.807, 2.05) is 72.5 Å². The van der Waals surface area contributed by atoms with Gasteiger partial charge in [0.05, 0.1) is 12.0 Å². The van der Waals surface area contributed by atoms with Gasteiger partial charge in [0.2, 0.25) is 5.91 Å². The van der Waals surface area contributed by atoms with Gasteiger partial charge in [-0.25, -0.2) is 0 Å². The monoisotopic (exact) mass is 323 g/mol. The van der Waals surface area contributed by atoms with Crippen LogP contribution in [-0.4, -0.2) is 5.91 Å². The van der Waals surface area contributed by atoms with Gasteiger partial charge in [0.25, 0.3) is 0 Å². The molecule has 0 radical (unpaired) electrons. The van der Waals surface area contributed by atoms with Crippen LogP contribution in [0.25, 0.3) is 0 Å². The number of halogens is 1. The van der Waals surface area contributed by atoms with Crippen LogP contribution in [0.15, 0.2) is 73.3 Å². The molecule has 0 unspecified atom stereocenters. The molecule has 23 heavy (non-hydrogen) atoms. The summed E-state index contributed by atoms with van der Waals surface area (Å²) in [7, 11) is 0. The number of aryl methyl sites for hydroxylation is 1. The molecule has 1 aliphatic rings. The fourth-order valence-corrected chi connectivity index (χ4v) is 3.03. The van der Waals surface area contributed by atoms with Gasteiger partial charge in [0.1, 0.15) is 0 Å². The van der Waals surface area contributed by atoms with Crippen LogP contribution >= 0.6 is 11.6 Å². The van der Waals surface area contributed by atoms with Gasteiger partial charge in [-0.05, 0) is 36.8 Å². The molecule has 3 rings (SSSR count). The lowest BCUT2D eigenvalue weighted by atomic mass is 9.81. The summed E-state index contributed by atoms with van der Waals surface area (Å²) in [4.78, 5) is 14.5. The molecule has 1 aliphatic heterocycles. The van der Waals surface area contributed by atoms with Crippen LogP contribution in [-0.2, 0) is 4.79 Å². The van der Waals surface area contributed by atoms with Gasteiger partial charge in [-0.2, -0.15) is 0 Å². The van der Waals surface area contributed by atoms with E-state index in [2.05, 4.69) is 6.58 Å². The number of carbonyl (C=O) groups is 1. The first-order valence-electron chi connectivity index (χ1n) is 7.56. The van der Waals surface area contributed by atoms with Gasteiger partial charge in [-0.15, -0.1) is 0 Å². The lowest BCUT2D eigenvalue weighted by molar-refractivity contribution is -0.128. The summed E-state index contributed by atoms with van der Waals surface area (Å²) in [6, 6.07) is 15.7. The number of β-lactam (4-membered cyclic amide) rings is 1. The van der Waals surface area contributed by atoms with Crippen molar-refractivity contribution in [3.63, 3.8) is 0 Å². The Hall–Kier alpha value is -2.32. The number of rotatable bonds is 4. The highest BCUT2D eigenvalue weighted by Crippen LogP contribution is 2.44. The molecule has 2 aromatic rings. The van der Waals surface area contributed by atoms with E-state index in [0.717, 1.165) is 11.3 Å². The van der Waals surface area contributed by atoms with Gasteiger partial charge in [-0.1, -0.05) is 66.2 Å². The Bertz CT molecular complexity index is 746. The van der Waals surface area contributed by atoms with Crippen LogP contribution in [0.5, 0.6) is 0 Å². The van der Waals surface area contributed by atoms with E-state index in [0.29, 0.717) is 5.02 Å². The fraction of sp³-hybridized carbons (Fsp3) is 0.150. The van der Waals surface area contributed by atoms with Crippen LogP contribution in [0.1, 0.15) is 17.2 Å². The zero-order valence-electron chi connectivity index (χ0n) is 12.9. The summed E-state index contributed by atoms with van der Waals surface area (Å²) in [6.07, 6.45) is 5.44. The molecular formula is C20H18ClNO. The Morgan fingerprint density at radius 3 is 2.35 bits per heavy atom. The van der Waals surface area contributed by atoms with Crippen molar-refractivity contribution < 1.29 is 4.79 Å². The average molecular weight is 324 g/mol. The minimum atomic E-state index is -0.171. The smallest absolute Gasteiger partial charge is 0.236 e. The van der Waals surface area contributed by atoms with Crippen LogP contribution in [0.3, 0.4) is 0 Å². The number of allylic oxidation sites excluding steroid dienone is 2. The first-order valence-corrected chi connectivity index (χ1v) is 7.94. The second-order valence-corrected chi connectivity index (χ2v) is 6.12. The number of hydrogen-bond acceptors (Lipinski definition) is 1. The number of anilines is 1. The molecule has 2 aromatic carbocycles. The Morgan fingerprint density at radius 1 is 1.09 bits per heavy atom. The van der Waals surface area contributed by atoms with Crippen molar-refractivity contribution in [2.45, 2.75) is 13.0 Å². The van der Waals surface area contributed by atoms with Crippen LogP contribution < -0.4 is 4.90 Å². The van der Waals surface area contributed by atoms with Crippen LogP contribution in [0.4, 0.5) is 5.69 Å². The fourth-order valence-electron chi connectivity index (χ4n) is 2.91. The first kappa shape index (κ1) is 15.6. The predicted octanol–water partition coefficient (Wildman–Crippen LogP) is 5.09. The van der Waals surface area contributed by atoms with E-state index in [9.17, 15) is 4.79 Å². The molecule has 0 saturated carbocycles. The topological polar surface area (TPSA) is 20.3 Å². The second-order valence-electron chi connectivity index (χ2n) is 5.69. The number of hydrogen-bond donors (Lipinski definition) is 0. The zero-order chi connectivity index (χ0) is 16.4. The predicted molar refractivity (Wildman–Crippen MR) is 95.7 cm³/mol. The molecule has 1 heterocycles. The summed E-state index contributed by atoms with van der Waals surface area (Å²) in [5, 5.41) is 0.694. The SMILES string of the molecule is C=C/C=C/[C@@H]1C(=O)N(c2ccc(C)cc2)[C@H]1c1ccc(Cl)cc1. The zero-order valence-corrected chi connectivity index (χ0v) is 13.7. The third-order valence-corrected chi connectivity index (χ3v) is 4.37. The third-order valence-electron chi connectivity index (χ3n) is 4.12. The van der Waals surface area contributed by atoms with Gasteiger partial charge in [-0.3, -0.25) is 4.79 Å². The Kier molecular flexibility index (Phi) is 4.35. The molecule has 0 aromatic heterocycles. The van der Waals surface area contributed by atoms with Crippen molar-refractivity contribution in [1.82, 2.24) is 0 Å². The maximum Gasteiger partial charge on any atom is 0.236 e. The molecule has 0 bridgehead atoms. The summed E-state index contributed by atoms with van der Waals surface area (Å²) in [6.45, 7) is 5.72. The largest absolute Gasteiger partial charge is 0.303 e. The molecule has 2 atom stereocenters. The lowest BCUT2D eigenvalue weighted by Crippen LogP contribution is -2.54. The number of amides is 1. The summed E-state index contributed by atoms with van der Waals surface area (Å²) in [5.41, 5.74) is 3.17. The Balaban J connectivity index is 1.98. The molecule has 116 valence electrons. The van der Waals surface area contributed by atoms with Crippen molar-refractivity contribution in [1.29, 1.82) is 0 Å². The lowest BCUT2D eigenvalue weighted by Gasteiger charge is -2.46. The summed E-state index contributed by atoms with van der Waals surface area (Å²) >= 11 is 5.99. The van der Waals surface area contributed by atoms with E-state index < -0.39 is 0 Å². The average Bonchev–Trinajstić information content (AvgIpc) is 2.56. The Morgan fingerprint density at radius 2 is 1.74 bits per heavy atom. The van der Waals surface area contributed by atoms with Gasteiger partial charge >= 0.3 is 0 Å². The van der Waals surface area contributed by atoms with Gasteiger partial charge in [0.15, 0.2) is 0 Å². The molecule has 0 N–H and O–H groups in total. The number of carbonyl (C=O) groups excluding carboxylic acids is 1. The van der Waals surface area contributed by atoms with Crippen LogP contribution in [0.2, 0.25) is 5.02 Å². The second kappa shape index (κ2) is 6.43. The van der Waals surface area contributed by atoms with E-state index >= 15 is 0 Å². The molecule has 3 heteroatoms. The molecular weight excluding hydrogens is 306 g/mol. The summed E-state index contributed by atoms with van der Waals surface area (Å²) < 4.78 is 0. The van der Waals surface area contributed by atoms with E-state index in [1.165, 1.54) is 5.56 Å². The molecule has 1 amide bonds. The summed E-state index contributed by atoms with van der Waals surface area (Å²) in [5.74, 6) is -0.0672. The Labute approximate surface area is 141 Å². The number of nitrogens with zero attached hydrogens (tertiary/aromatic N) is 1. The number of benzene rings is 2. The maximum absolute atomic E-state index is 12.6. The molecule has 1 saturated heterocycles. The molecule has 0 spiro atoms. The maximum atomic E-state index is 12.6. The van der Waals surface area contributed by atoms with Crippen molar-refractivity contribution >= 4 is 23.2 Å². The van der Waals surface area contributed by atoms with Crippen molar-refractivity contribution in [3.8, 4) is 0 Å². The van der Waals surface area contributed by atoms with Gasteiger partial charge in [0, 0.05) is 10.7 Å². The normalized spacial score (nSPS) is 20.6. The quantitative estimate of drug-likeness (QED) is 0.566. The highest BCUT2D eigenvalue weighted by Gasteiger charge is 2.47. The van der Waals surface area contributed by atoms with Crippen molar-refractivity contribution in [2.75, 3.05) is 4.90 Å². The van der Waals surface area contributed by atoms with Crippen LogP contribution in [0, 0.1) is 12.8 Å². The molecule has 2 nitrogen and oxygen atoms in total. The minimum absolute atomic E-state index is 0.0151. The van der Waals surface area contributed by atoms with E-state index in [-0.39, 0.29) is 17.9 Å². The van der Waals surface area contributed by atoms with Gasteiger partial charge < -0.3 is 4.90 Å². The van der Waals surface area contributed by atoms with Crippen molar-refractivity contribution in [3.05, 3.63) is 89.5 Å². The molecule has 0 aliphatic carbocycles. The first-order chi connectivity index (χ1) is 11.1. The third kappa shape index (κ3) is 2.95. The standard InChI is InChI=1S/C20H18ClNO/c1-3-4-5-18-19(15-8-10-16(21)11-9-15)22(20(18)23)17-12-6-14(2)7-13-17/h3-13,18-19H,1H2,2H3/b5-4+/t18-,19-/m0/s1. The minimum Gasteiger partial charge on any atom is -0.303 e. The highest BCUT2D eigenvalue weighted by atomic mass is 35.5. The van der Waals surface area contributed by atoms with Crippen molar-refractivity contribution in [2.24, 2.45) is 5.92 Å². The van der Waals surface area contributed by atoms with E-state index in [1.54, 1.807) is 6.08 Å².